The molecule has 0 aromatic carbocycles. The molecule has 0 radical (unpaired) electrons. The van der Waals surface area contributed by atoms with Gasteiger partial charge in [-0.2, -0.15) is 0 Å². The summed E-state index contributed by atoms with van der Waals surface area (Å²) in [5.74, 6) is -2.66. The van der Waals surface area contributed by atoms with E-state index in [2.05, 4.69) is 15.3 Å². The smallest absolute Gasteiger partial charge is 0.320 e. The van der Waals surface area contributed by atoms with Crippen LogP contribution in [0.3, 0.4) is 0 Å². The highest BCUT2D eigenvalue weighted by atomic mass is 16.4. The van der Waals surface area contributed by atoms with Crippen molar-refractivity contribution in [2.24, 2.45) is 17.2 Å². The second-order valence-electron chi connectivity index (χ2n) is 6.43. The summed E-state index contributed by atoms with van der Waals surface area (Å²) < 4.78 is 0. The van der Waals surface area contributed by atoms with Crippen LogP contribution in [-0.4, -0.2) is 74.4 Å². The molecule has 1 aromatic rings. The molecule has 166 valence electrons. The summed E-state index contributed by atoms with van der Waals surface area (Å²) in [5, 5.41) is 28.0. The van der Waals surface area contributed by atoms with Crippen molar-refractivity contribution in [3.63, 3.8) is 0 Å². The lowest BCUT2D eigenvalue weighted by molar-refractivity contribution is -0.139. The van der Waals surface area contributed by atoms with Crippen molar-refractivity contribution >= 4 is 17.9 Å². The summed E-state index contributed by atoms with van der Waals surface area (Å²) in [5.41, 5.74) is 16.3. The van der Waals surface area contributed by atoms with Crippen molar-refractivity contribution in [2.75, 3.05) is 13.1 Å². The van der Waals surface area contributed by atoms with Gasteiger partial charge < -0.3 is 42.8 Å². The molecule has 2 rings (SSSR count). The number of H-pyrrole nitrogens is 1. The number of aliphatic carboxylic acids is 3. The first kappa shape index (κ1) is 26.5. The van der Waals surface area contributed by atoms with Crippen LogP contribution in [-0.2, 0) is 20.8 Å². The third-order valence-electron chi connectivity index (χ3n) is 3.95. The molecule has 1 fully saturated rings. The molecule has 0 saturated carbocycles. The van der Waals surface area contributed by atoms with E-state index >= 15 is 0 Å². The van der Waals surface area contributed by atoms with E-state index in [-0.39, 0.29) is 12.5 Å². The fourth-order valence-corrected chi connectivity index (χ4v) is 2.24. The Balaban J connectivity index is 0.000000410. The number of aromatic amines is 1. The van der Waals surface area contributed by atoms with Gasteiger partial charge in [0.1, 0.15) is 18.1 Å². The minimum absolute atomic E-state index is 0.263. The molecule has 12 nitrogen and oxygen atoms in total. The van der Waals surface area contributed by atoms with Gasteiger partial charge >= 0.3 is 17.9 Å². The van der Waals surface area contributed by atoms with Crippen molar-refractivity contribution in [3.05, 3.63) is 18.2 Å². The number of imidazole rings is 1. The van der Waals surface area contributed by atoms with Crippen molar-refractivity contribution in [2.45, 2.75) is 56.7 Å². The second-order valence-corrected chi connectivity index (χ2v) is 6.43. The number of hydrogen-bond acceptors (Lipinski definition) is 8. The molecule has 0 aliphatic carbocycles. The minimum atomic E-state index is -1.01. The average molecular weight is 416 g/mol. The van der Waals surface area contributed by atoms with Crippen molar-refractivity contribution in [1.29, 1.82) is 0 Å². The summed E-state index contributed by atoms with van der Waals surface area (Å²) in [4.78, 5) is 37.1. The molecule has 0 bridgehead atoms. The molecule has 1 aromatic heterocycles. The Labute approximate surface area is 168 Å². The lowest BCUT2D eigenvalue weighted by Crippen LogP contribution is -2.32. The van der Waals surface area contributed by atoms with Crippen LogP contribution in [0.15, 0.2) is 12.5 Å². The molecule has 11 N–H and O–H groups in total. The Morgan fingerprint density at radius 3 is 2.17 bits per heavy atom. The lowest BCUT2D eigenvalue weighted by atomic mass is 10.1. The van der Waals surface area contributed by atoms with E-state index in [1.54, 1.807) is 6.20 Å². The zero-order chi connectivity index (χ0) is 22.2. The van der Waals surface area contributed by atoms with E-state index in [0.717, 1.165) is 32.2 Å². The standard InChI is InChI=1S/C6H9N3O2.C6H14N2O2.C5H9NO2/c7-5(6(10)11)1-4-2-8-3-9-4;7-4-2-1-3-5(8)6(9)10;7-5(8)4-2-1-3-6-4/h2-3,5H,1,7H2,(H,8,9)(H,10,11);5H,1-4,7-8H2,(H,9,10);4,6H,1-3H2,(H,7,8)/t;;4-/m..0/s1. The van der Waals surface area contributed by atoms with Gasteiger partial charge in [0.15, 0.2) is 0 Å². The van der Waals surface area contributed by atoms with Crippen molar-refractivity contribution in [3.8, 4) is 0 Å². The number of carbonyl (C=O) groups is 3. The van der Waals surface area contributed by atoms with E-state index in [4.69, 9.17) is 32.5 Å². The first-order valence-corrected chi connectivity index (χ1v) is 9.29. The normalized spacial score (nSPS) is 17.1. The summed E-state index contributed by atoms with van der Waals surface area (Å²) in [6.07, 6.45) is 7.33. The number of carboxylic acids is 3. The van der Waals surface area contributed by atoms with E-state index in [9.17, 15) is 14.4 Å². The first-order valence-electron chi connectivity index (χ1n) is 9.29. The Morgan fingerprint density at radius 1 is 1.14 bits per heavy atom. The van der Waals surface area contributed by atoms with Crippen LogP contribution in [0.25, 0.3) is 0 Å². The second kappa shape index (κ2) is 15.4. The average Bonchev–Trinajstić information content (AvgIpc) is 3.36. The van der Waals surface area contributed by atoms with Gasteiger partial charge in [-0.05, 0) is 38.8 Å². The number of unbranched alkanes of at least 4 members (excludes halogenated alkanes) is 1. The number of nitrogens with two attached hydrogens (primary N) is 3. The molecule has 29 heavy (non-hydrogen) atoms. The van der Waals surface area contributed by atoms with Crippen LogP contribution < -0.4 is 22.5 Å². The van der Waals surface area contributed by atoms with E-state index in [1.165, 1.54) is 6.33 Å². The van der Waals surface area contributed by atoms with Crippen LogP contribution in [0.5, 0.6) is 0 Å². The fourth-order valence-electron chi connectivity index (χ4n) is 2.24. The monoisotopic (exact) mass is 416 g/mol. The van der Waals surface area contributed by atoms with Gasteiger partial charge in [-0.3, -0.25) is 14.4 Å². The summed E-state index contributed by atoms with van der Waals surface area (Å²) in [6, 6.07) is -1.85. The van der Waals surface area contributed by atoms with Crippen LogP contribution in [0.2, 0.25) is 0 Å². The summed E-state index contributed by atoms with van der Waals surface area (Å²) >= 11 is 0. The predicted molar refractivity (Wildman–Crippen MR) is 105 cm³/mol. The zero-order valence-corrected chi connectivity index (χ0v) is 16.3. The third kappa shape index (κ3) is 13.3. The Bertz CT molecular complexity index is 591. The molecule has 1 aliphatic rings. The number of carboxylic acid groups (broad SMARTS) is 3. The minimum Gasteiger partial charge on any atom is -0.480 e. The summed E-state index contributed by atoms with van der Waals surface area (Å²) in [6.45, 7) is 1.46. The molecule has 1 saturated heterocycles. The molecular formula is C17H32N6O6. The fraction of sp³-hybridized carbons (Fsp3) is 0.647. The quantitative estimate of drug-likeness (QED) is 0.221. The molecule has 0 spiro atoms. The number of aromatic nitrogens is 2. The van der Waals surface area contributed by atoms with Crippen molar-refractivity contribution < 1.29 is 29.7 Å². The number of nitrogens with one attached hydrogen (secondary N) is 2. The number of rotatable bonds is 9. The molecule has 0 amide bonds. The first-order chi connectivity index (χ1) is 13.7. The van der Waals surface area contributed by atoms with E-state index in [0.29, 0.717) is 18.7 Å². The van der Waals surface area contributed by atoms with E-state index in [1.807, 2.05) is 0 Å². The van der Waals surface area contributed by atoms with Crippen LogP contribution in [0.4, 0.5) is 0 Å². The Morgan fingerprint density at radius 2 is 1.79 bits per heavy atom. The molecule has 12 heteroatoms. The summed E-state index contributed by atoms with van der Waals surface area (Å²) in [7, 11) is 0. The zero-order valence-electron chi connectivity index (χ0n) is 16.3. The van der Waals surface area contributed by atoms with Gasteiger partial charge in [-0.1, -0.05) is 6.42 Å². The van der Waals surface area contributed by atoms with Gasteiger partial charge in [-0.15, -0.1) is 0 Å². The number of hydrogen-bond donors (Lipinski definition) is 8. The largest absolute Gasteiger partial charge is 0.480 e. The number of nitrogens with zero attached hydrogens (tertiary/aromatic N) is 1. The predicted octanol–water partition coefficient (Wildman–Crippen LogP) is -1.29. The molecular weight excluding hydrogens is 384 g/mol. The Kier molecular flexibility index (Phi) is 14.0. The van der Waals surface area contributed by atoms with Crippen LogP contribution in [0.1, 0.15) is 37.8 Å². The molecule has 2 heterocycles. The molecule has 2 unspecified atom stereocenters. The van der Waals surface area contributed by atoms with Gasteiger partial charge in [-0.25, -0.2) is 4.98 Å². The van der Waals surface area contributed by atoms with E-state index < -0.39 is 30.0 Å². The Hall–Kier alpha value is -2.54. The topological polar surface area (TPSA) is 231 Å². The third-order valence-corrected chi connectivity index (χ3v) is 3.95. The van der Waals surface area contributed by atoms with Gasteiger partial charge in [0.05, 0.1) is 12.0 Å². The maximum Gasteiger partial charge on any atom is 0.320 e. The van der Waals surface area contributed by atoms with Crippen LogP contribution >= 0.6 is 0 Å². The molecule has 1 aliphatic heterocycles. The maximum atomic E-state index is 10.3. The molecule has 3 atom stereocenters. The van der Waals surface area contributed by atoms with Gasteiger partial charge in [0.25, 0.3) is 0 Å². The highest BCUT2D eigenvalue weighted by Gasteiger charge is 2.20. The SMILES string of the molecule is NC(Cc1c[nH]cn1)C(=O)O.NCCCCC(N)C(=O)O.O=C(O)[C@@H]1CCCN1. The highest BCUT2D eigenvalue weighted by Crippen LogP contribution is 2.03. The van der Waals surface area contributed by atoms with Gasteiger partial charge in [0.2, 0.25) is 0 Å². The van der Waals surface area contributed by atoms with Crippen LogP contribution in [0, 0.1) is 0 Å². The maximum absolute atomic E-state index is 10.3. The van der Waals surface area contributed by atoms with Crippen molar-refractivity contribution in [1.82, 2.24) is 15.3 Å². The highest BCUT2D eigenvalue weighted by molar-refractivity contribution is 5.74. The lowest BCUT2D eigenvalue weighted by Gasteiger charge is -2.03. The van der Waals surface area contributed by atoms with Gasteiger partial charge in [0, 0.05) is 12.6 Å².